The van der Waals surface area contributed by atoms with Crippen LogP contribution in [0.4, 0.5) is 0 Å². The van der Waals surface area contributed by atoms with Crippen molar-refractivity contribution in [1.82, 2.24) is 9.80 Å². The molecule has 0 atom stereocenters. The standard InChI is InChI=1S/C22H24N2O4/c1-16-3-2-4-18(13-16)22(26)24-9-7-23(8-10-24)15-19(25)17-5-6-20-21(14-17)28-12-11-27-20/h2-6,13-14H,7-12,15H2,1H3. The molecule has 4 rings (SSSR count). The zero-order valence-electron chi connectivity index (χ0n) is 16.0. The minimum atomic E-state index is 0.0513. The summed E-state index contributed by atoms with van der Waals surface area (Å²) in [4.78, 5) is 29.3. The van der Waals surface area contributed by atoms with Crippen LogP contribution in [0.25, 0.3) is 0 Å². The van der Waals surface area contributed by atoms with Gasteiger partial charge in [-0.25, -0.2) is 0 Å². The first-order valence-corrected chi connectivity index (χ1v) is 9.61. The number of rotatable bonds is 4. The monoisotopic (exact) mass is 380 g/mol. The van der Waals surface area contributed by atoms with Crippen LogP contribution >= 0.6 is 0 Å². The molecule has 2 aromatic rings. The molecule has 146 valence electrons. The van der Waals surface area contributed by atoms with Crippen molar-refractivity contribution in [3.8, 4) is 11.5 Å². The van der Waals surface area contributed by atoms with E-state index in [-0.39, 0.29) is 11.7 Å². The normalized spacial score (nSPS) is 16.7. The molecule has 0 aliphatic carbocycles. The lowest BCUT2D eigenvalue weighted by atomic mass is 10.1. The summed E-state index contributed by atoms with van der Waals surface area (Å²) in [6, 6.07) is 13.0. The molecule has 2 aromatic carbocycles. The fraction of sp³-hybridized carbons (Fsp3) is 0.364. The molecule has 6 heteroatoms. The lowest BCUT2D eigenvalue weighted by Gasteiger charge is -2.34. The molecule has 0 N–H and O–H groups in total. The topological polar surface area (TPSA) is 59.1 Å². The molecule has 0 saturated carbocycles. The molecule has 0 spiro atoms. The number of carbonyl (C=O) groups excluding carboxylic acids is 2. The number of ketones is 1. The SMILES string of the molecule is Cc1cccc(C(=O)N2CCN(CC(=O)c3ccc4c(c3)OCCO4)CC2)c1. The number of fused-ring (bicyclic) bond motifs is 1. The average Bonchev–Trinajstić information content (AvgIpc) is 2.73. The lowest BCUT2D eigenvalue weighted by Crippen LogP contribution is -2.49. The van der Waals surface area contributed by atoms with Crippen molar-refractivity contribution >= 4 is 11.7 Å². The minimum Gasteiger partial charge on any atom is -0.486 e. The van der Waals surface area contributed by atoms with E-state index in [9.17, 15) is 9.59 Å². The van der Waals surface area contributed by atoms with Gasteiger partial charge in [0, 0.05) is 37.3 Å². The number of aryl methyl sites for hydroxylation is 1. The third-order valence-electron chi connectivity index (χ3n) is 5.16. The highest BCUT2D eigenvalue weighted by atomic mass is 16.6. The summed E-state index contributed by atoms with van der Waals surface area (Å²) in [7, 11) is 0. The molecule has 28 heavy (non-hydrogen) atoms. The van der Waals surface area contributed by atoms with E-state index in [1.165, 1.54) is 0 Å². The summed E-state index contributed by atoms with van der Waals surface area (Å²) in [5, 5.41) is 0. The summed E-state index contributed by atoms with van der Waals surface area (Å²) in [5.41, 5.74) is 2.43. The van der Waals surface area contributed by atoms with Crippen LogP contribution in [0.3, 0.4) is 0 Å². The van der Waals surface area contributed by atoms with Crippen LogP contribution in [0.15, 0.2) is 42.5 Å². The first-order valence-electron chi connectivity index (χ1n) is 9.61. The Labute approximate surface area is 164 Å². The van der Waals surface area contributed by atoms with Crippen molar-refractivity contribution in [2.75, 3.05) is 45.9 Å². The Morgan fingerprint density at radius 1 is 0.893 bits per heavy atom. The maximum absolute atomic E-state index is 12.7. The van der Waals surface area contributed by atoms with Crippen molar-refractivity contribution in [2.45, 2.75) is 6.92 Å². The fourth-order valence-corrected chi connectivity index (χ4v) is 3.58. The van der Waals surface area contributed by atoms with Crippen molar-refractivity contribution < 1.29 is 19.1 Å². The molecule has 0 bridgehead atoms. The summed E-state index contributed by atoms with van der Waals surface area (Å²) < 4.78 is 11.1. The molecule has 2 aliphatic heterocycles. The highest BCUT2D eigenvalue weighted by molar-refractivity contribution is 5.98. The van der Waals surface area contributed by atoms with Gasteiger partial charge in [-0.15, -0.1) is 0 Å². The number of hydrogen-bond donors (Lipinski definition) is 0. The Kier molecular flexibility index (Phi) is 5.30. The number of amides is 1. The van der Waals surface area contributed by atoms with E-state index in [2.05, 4.69) is 4.90 Å². The second-order valence-corrected chi connectivity index (χ2v) is 7.22. The summed E-state index contributed by atoms with van der Waals surface area (Å²) in [5.74, 6) is 1.42. The average molecular weight is 380 g/mol. The molecule has 2 heterocycles. The van der Waals surface area contributed by atoms with Gasteiger partial charge in [0.2, 0.25) is 0 Å². The predicted octanol–water partition coefficient (Wildman–Crippen LogP) is 2.41. The quantitative estimate of drug-likeness (QED) is 0.763. The first-order chi connectivity index (χ1) is 13.6. The molecule has 0 unspecified atom stereocenters. The van der Waals surface area contributed by atoms with Crippen LogP contribution in [0, 0.1) is 6.92 Å². The van der Waals surface area contributed by atoms with Crippen LogP contribution in [-0.2, 0) is 0 Å². The van der Waals surface area contributed by atoms with E-state index in [1.807, 2.05) is 36.1 Å². The summed E-state index contributed by atoms with van der Waals surface area (Å²) in [6.07, 6.45) is 0. The van der Waals surface area contributed by atoms with E-state index in [1.54, 1.807) is 18.2 Å². The van der Waals surface area contributed by atoms with E-state index in [4.69, 9.17) is 9.47 Å². The van der Waals surface area contributed by atoms with E-state index >= 15 is 0 Å². The summed E-state index contributed by atoms with van der Waals surface area (Å²) in [6.45, 7) is 5.99. The fourth-order valence-electron chi connectivity index (χ4n) is 3.58. The lowest BCUT2D eigenvalue weighted by molar-refractivity contribution is 0.0624. The molecule has 1 saturated heterocycles. The first kappa shape index (κ1) is 18.5. The molecule has 0 aromatic heterocycles. The van der Waals surface area contributed by atoms with Crippen LogP contribution < -0.4 is 9.47 Å². The highest BCUT2D eigenvalue weighted by Gasteiger charge is 2.24. The van der Waals surface area contributed by atoms with E-state index in [0.717, 1.165) is 11.1 Å². The van der Waals surface area contributed by atoms with Crippen molar-refractivity contribution in [1.29, 1.82) is 0 Å². The maximum Gasteiger partial charge on any atom is 0.253 e. The largest absolute Gasteiger partial charge is 0.486 e. The third kappa shape index (κ3) is 4.02. The van der Waals surface area contributed by atoms with E-state index < -0.39 is 0 Å². The second-order valence-electron chi connectivity index (χ2n) is 7.22. The van der Waals surface area contributed by atoms with Crippen LogP contribution in [0.5, 0.6) is 11.5 Å². The Balaban J connectivity index is 1.33. The number of Topliss-reactive ketones (excluding diaryl/α,β-unsaturated/α-hetero) is 1. The smallest absolute Gasteiger partial charge is 0.253 e. The van der Waals surface area contributed by atoms with Crippen LogP contribution in [0.2, 0.25) is 0 Å². The van der Waals surface area contributed by atoms with Gasteiger partial charge in [0.15, 0.2) is 17.3 Å². The number of hydrogen-bond acceptors (Lipinski definition) is 5. The number of ether oxygens (including phenoxy) is 2. The van der Waals surface area contributed by atoms with Crippen LogP contribution in [-0.4, -0.2) is 67.4 Å². The number of benzene rings is 2. The maximum atomic E-state index is 12.7. The molecule has 6 nitrogen and oxygen atoms in total. The molecule has 1 fully saturated rings. The van der Waals surface area contributed by atoms with Gasteiger partial charge in [-0.1, -0.05) is 17.7 Å². The molecule has 0 radical (unpaired) electrons. The molecular weight excluding hydrogens is 356 g/mol. The minimum absolute atomic E-state index is 0.0513. The third-order valence-corrected chi connectivity index (χ3v) is 5.16. The van der Waals surface area contributed by atoms with Crippen molar-refractivity contribution in [3.63, 3.8) is 0 Å². The highest BCUT2D eigenvalue weighted by Crippen LogP contribution is 2.30. The Hall–Kier alpha value is -2.86. The van der Waals surface area contributed by atoms with Gasteiger partial charge >= 0.3 is 0 Å². The van der Waals surface area contributed by atoms with Crippen molar-refractivity contribution in [2.24, 2.45) is 0 Å². The van der Waals surface area contributed by atoms with E-state index in [0.29, 0.717) is 63.0 Å². The van der Waals surface area contributed by atoms with Crippen molar-refractivity contribution in [3.05, 3.63) is 59.2 Å². The van der Waals surface area contributed by atoms with Gasteiger partial charge < -0.3 is 14.4 Å². The van der Waals surface area contributed by atoms with Gasteiger partial charge in [0.05, 0.1) is 6.54 Å². The number of carbonyl (C=O) groups is 2. The second kappa shape index (κ2) is 8.02. The van der Waals surface area contributed by atoms with Gasteiger partial charge in [-0.3, -0.25) is 14.5 Å². The zero-order chi connectivity index (χ0) is 19.5. The molecular formula is C22H24N2O4. The van der Waals surface area contributed by atoms with Gasteiger partial charge in [-0.05, 0) is 37.3 Å². The summed E-state index contributed by atoms with van der Waals surface area (Å²) >= 11 is 0. The van der Waals surface area contributed by atoms with Gasteiger partial charge in [0.25, 0.3) is 5.91 Å². The zero-order valence-corrected chi connectivity index (χ0v) is 16.0. The predicted molar refractivity (Wildman–Crippen MR) is 105 cm³/mol. The molecule has 2 aliphatic rings. The van der Waals surface area contributed by atoms with Crippen LogP contribution in [0.1, 0.15) is 26.3 Å². The van der Waals surface area contributed by atoms with Gasteiger partial charge in [0.1, 0.15) is 13.2 Å². The van der Waals surface area contributed by atoms with Gasteiger partial charge in [-0.2, -0.15) is 0 Å². The molecule has 1 amide bonds. The number of piperazine rings is 1. The Bertz CT molecular complexity index is 888. The Morgan fingerprint density at radius 3 is 2.39 bits per heavy atom. The Morgan fingerprint density at radius 2 is 1.64 bits per heavy atom. The number of nitrogens with zero attached hydrogens (tertiary/aromatic N) is 2.